The Kier molecular flexibility index (Phi) is 5.32. The van der Waals surface area contributed by atoms with Crippen LogP contribution in [0.4, 0.5) is 5.69 Å². The molecule has 1 aromatic carbocycles. The van der Waals surface area contributed by atoms with Gasteiger partial charge in [-0.2, -0.15) is 0 Å². The smallest absolute Gasteiger partial charge is 0.341 e. The van der Waals surface area contributed by atoms with E-state index in [0.717, 1.165) is 4.90 Å². The molecule has 0 N–H and O–H groups in total. The van der Waals surface area contributed by atoms with Gasteiger partial charge in [-0.3, -0.25) is 14.4 Å². The summed E-state index contributed by atoms with van der Waals surface area (Å²) >= 11 is 6.23. The Balaban J connectivity index is 2.67. The van der Waals surface area contributed by atoms with Crippen molar-refractivity contribution < 1.29 is 33.4 Å². The van der Waals surface area contributed by atoms with Crippen molar-refractivity contribution in [3.63, 3.8) is 0 Å². The molecule has 25 heavy (non-hydrogen) atoms. The molecule has 0 fully saturated rings. The predicted molar refractivity (Wildman–Crippen MR) is 86.5 cm³/mol. The monoisotopic (exact) mass is 369 g/mol. The fraction of sp³-hybridized carbons (Fsp3) is 0.375. The van der Waals surface area contributed by atoms with E-state index in [0.29, 0.717) is 5.56 Å². The van der Waals surface area contributed by atoms with Crippen LogP contribution in [-0.2, 0) is 30.3 Å². The molecule has 0 saturated heterocycles. The highest BCUT2D eigenvalue weighted by molar-refractivity contribution is 6.36. The van der Waals surface area contributed by atoms with Gasteiger partial charge in [-0.05, 0) is 6.07 Å². The van der Waals surface area contributed by atoms with Crippen LogP contribution in [0.1, 0.15) is 36.7 Å². The largest absolute Gasteiger partial charge is 0.465 e. The fourth-order valence-electron chi connectivity index (χ4n) is 2.63. The lowest BCUT2D eigenvalue weighted by atomic mass is 10.0. The summed E-state index contributed by atoms with van der Waals surface area (Å²) in [6.07, 6.45) is -0.986. The third-order valence-electron chi connectivity index (χ3n) is 3.48. The highest BCUT2D eigenvalue weighted by atomic mass is 35.5. The van der Waals surface area contributed by atoms with Gasteiger partial charge in [0.15, 0.2) is 0 Å². The second-order valence-corrected chi connectivity index (χ2v) is 5.70. The second kappa shape index (κ2) is 7.10. The Bertz CT molecular complexity index is 760. The molecule has 134 valence electrons. The SMILES string of the molecule is COC(=O)c1cc(Cl)c(N(C(C)=O)C(C)=O)c2c1OC(OC(C)=O)C2. The Labute approximate surface area is 148 Å². The summed E-state index contributed by atoms with van der Waals surface area (Å²) in [6.45, 7) is 3.62. The van der Waals surface area contributed by atoms with Crippen LogP contribution in [0.15, 0.2) is 6.07 Å². The number of fused-ring (bicyclic) bond motifs is 1. The minimum Gasteiger partial charge on any atom is -0.465 e. The molecule has 0 bridgehead atoms. The molecule has 2 rings (SSSR count). The number of carbonyl (C=O) groups is 4. The first-order valence-electron chi connectivity index (χ1n) is 7.26. The summed E-state index contributed by atoms with van der Waals surface area (Å²) in [6, 6.07) is 1.25. The maximum absolute atomic E-state index is 12.0. The number of carbonyl (C=O) groups excluding carboxylic acids is 4. The number of ether oxygens (including phenoxy) is 3. The van der Waals surface area contributed by atoms with Gasteiger partial charge >= 0.3 is 11.9 Å². The molecule has 0 aliphatic carbocycles. The number of halogens is 1. The van der Waals surface area contributed by atoms with Crippen LogP contribution in [0.3, 0.4) is 0 Å². The third-order valence-corrected chi connectivity index (χ3v) is 3.77. The molecule has 1 heterocycles. The zero-order valence-corrected chi connectivity index (χ0v) is 14.8. The van der Waals surface area contributed by atoms with E-state index in [9.17, 15) is 19.2 Å². The molecule has 1 aliphatic heterocycles. The van der Waals surface area contributed by atoms with Crippen molar-refractivity contribution in [1.82, 2.24) is 0 Å². The van der Waals surface area contributed by atoms with E-state index in [2.05, 4.69) is 0 Å². The molecule has 9 heteroatoms. The average Bonchev–Trinajstić information content (AvgIpc) is 2.90. The van der Waals surface area contributed by atoms with Crippen LogP contribution < -0.4 is 9.64 Å². The van der Waals surface area contributed by atoms with Crippen molar-refractivity contribution >= 4 is 41.0 Å². The van der Waals surface area contributed by atoms with E-state index >= 15 is 0 Å². The number of rotatable bonds is 3. The van der Waals surface area contributed by atoms with Gasteiger partial charge in [0.25, 0.3) is 0 Å². The lowest BCUT2D eigenvalue weighted by Crippen LogP contribution is -2.34. The lowest BCUT2D eigenvalue weighted by molar-refractivity contribution is -0.158. The van der Waals surface area contributed by atoms with Gasteiger partial charge in [0.2, 0.25) is 18.1 Å². The molecule has 0 radical (unpaired) electrons. The summed E-state index contributed by atoms with van der Waals surface area (Å²) < 4.78 is 15.2. The predicted octanol–water partition coefficient (Wildman–Crippen LogP) is 1.85. The summed E-state index contributed by atoms with van der Waals surface area (Å²) in [5.74, 6) is -2.35. The van der Waals surface area contributed by atoms with Crippen molar-refractivity contribution in [2.45, 2.75) is 33.5 Å². The van der Waals surface area contributed by atoms with Gasteiger partial charge < -0.3 is 14.2 Å². The summed E-state index contributed by atoms with van der Waals surface area (Å²) in [4.78, 5) is 47.9. The summed E-state index contributed by atoms with van der Waals surface area (Å²) in [5, 5.41) is -0.00312. The Morgan fingerprint density at radius 1 is 1.20 bits per heavy atom. The molecule has 0 saturated carbocycles. The molecule has 0 aromatic heterocycles. The van der Waals surface area contributed by atoms with Gasteiger partial charge in [-0.15, -0.1) is 0 Å². The van der Waals surface area contributed by atoms with Crippen molar-refractivity contribution in [2.24, 2.45) is 0 Å². The zero-order chi connectivity index (χ0) is 18.9. The highest BCUT2D eigenvalue weighted by Gasteiger charge is 2.37. The van der Waals surface area contributed by atoms with Crippen LogP contribution in [0.25, 0.3) is 0 Å². The normalized spacial score (nSPS) is 15.0. The standard InChI is InChI=1S/C16H16ClNO7/c1-7(19)18(8(2)20)14-10-6-13(24-9(3)21)25-15(10)11(5-12(14)17)16(22)23-4/h5,13H,6H2,1-4H3. The van der Waals surface area contributed by atoms with E-state index in [1.165, 1.54) is 33.9 Å². The Hall–Kier alpha value is -2.61. The van der Waals surface area contributed by atoms with Gasteiger partial charge in [0.1, 0.15) is 11.3 Å². The van der Waals surface area contributed by atoms with Crippen molar-refractivity contribution in [3.05, 3.63) is 22.2 Å². The number of hydrogen-bond acceptors (Lipinski definition) is 7. The topological polar surface area (TPSA) is 99.2 Å². The molecule has 1 atom stereocenters. The molecule has 2 amide bonds. The average molecular weight is 370 g/mol. The van der Waals surface area contributed by atoms with Crippen LogP contribution in [0.5, 0.6) is 5.75 Å². The first-order valence-corrected chi connectivity index (χ1v) is 7.64. The van der Waals surface area contributed by atoms with E-state index in [-0.39, 0.29) is 28.4 Å². The lowest BCUT2D eigenvalue weighted by Gasteiger charge is -2.22. The maximum Gasteiger partial charge on any atom is 0.341 e. The second-order valence-electron chi connectivity index (χ2n) is 5.29. The van der Waals surface area contributed by atoms with E-state index in [4.69, 9.17) is 25.8 Å². The van der Waals surface area contributed by atoms with Crippen molar-refractivity contribution in [2.75, 3.05) is 12.0 Å². The first-order chi connectivity index (χ1) is 11.7. The number of amides is 2. The molecule has 1 unspecified atom stereocenters. The number of esters is 2. The molecule has 1 aromatic rings. The van der Waals surface area contributed by atoms with Crippen LogP contribution in [0, 0.1) is 0 Å². The van der Waals surface area contributed by atoms with Gasteiger partial charge in [-0.1, -0.05) is 11.6 Å². The number of methoxy groups -OCH3 is 1. The molecular formula is C16H16ClNO7. The molecule has 1 aliphatic rings. The van der Waals surface area contributed by atoms with E-state index in [1.54, 1.807) is 0 Å². The van der Waals surface area contributed by atoms with Crippen LogP contribution in [-0.4, -0.2) is 37.2 Å². The van der Waals surface area contributed by atoms with Gasteiger partial charge in [0, 0.05) is 26.3 Å². The number of anilines is 1. The van der Waals surface area contributed by atoms with Gasteiger partial charge in [0.05, 0.1) is 24.2 Å². The van der Waals surface area contributed by atoms with Gasteiger partial charge in [-0.25, -0.2) is 9.69 Å². The third kappa shape index (κ3) is 3.58. The van der Waals surface area contributed by atoms with Crippen LogP contribution >= 0.6 is 11.6 Å². The highest BCUT2D eigenvalue weighted by Crippen LogP contribution is 2.44. The summed E-state index contributed by atoms with van der Waals surface area (Å²) in [7, 11) is 1.19. The number of benzene rings is 1. The number of imide groups is 1. The minimum absolute atomic E-state index is 0.00312. The first kappa shape index (κ1) is 18.7. The fourth-order valence-corrected chi connectivity index (χ4v) is 2.94. The zero-order valence-electron chi connectivity index (χ0n) is 14.0. The number of hydrogen-bond donors (Lipinski definition) is 0. The molecular weight excluding hydrogens is 354 g/mol. The maximum atomic E-state index is 12.0. The number of nitrogens with zero attached hydrogens (tertiary/aromatic N) is 1. The van der Waals surface area contributed by atoms with E-state index in [1.807, 2.05) is 0 Å². The van der Waals surface area contributed by atoms with Crippen molar-refractivity contribution in [3.8, 4) is 5.75 Å². The van der Waals surface area contributed by atoms with E-state index < -0.39 is 30.0 Å². The molecule has 0 spiro atoms. The minimum atomic E-state index is -1.01. The Morgan fingerprint density at radius 3 is 2.28 bits per heavy atom. The molecule has 8 nitrogen and oxygen atoms in total. The Morgan fingerprint density at radius 2 is 1.80 bits per heavy atom. The quantitative estimate of drug-likeness (QED) is 0.749. The van der Waals surface area contributed by atoms with Crippen molar-refractivity contribution in [1.29, 1.82) is 0 Å². The van der Waals surface area contributed by atoms with Crippen LogP contribution in [0.2, 0.25) is 5.02 Å². The summed E-state index contributed by atoms with van der Waals surface area (Å²) in [5.41, 5.74) is 0.413.